The van der Waals surface area contributed by atoms with Crippen molar-refractivity contribution in [1.82, 2.24) is 0 Å². The smallest absolute Gasteiger partial charge is 0.200 e. The molecule has 0 unspecified atom stereocenters. The maximum Gasteiger partial charge on any atom is 0.200 e. The van der Waals surface area contributed by atoms with Crippen LogP contribution in [0, 0.1) is 13.8 Å². The summed E-state index contributed by atoms with van der Waals surface area (Å²) in [5.74, 6) is 0. The summed E-state index contributed by atoms with van der Waals surface area (Å²) in [6.45, 7) is 3.94. The molecule has 0 aliphatic heterocycles. The third-order valence-electron chi connectivity index (χ3n) is 2.98. The lowest BCUT2D eigenvalue weighted by molar-refractivity contribution is 0.659. The van der Waals surface area contributed by atoms with Gasteiger partial charge in [0.15, 0.2) is 0 Å². The van der Waals surface area contributed by atoms with E-state index in [0.717, 1.165) is 11.1 Å². The highest BCUT2D eigenvalue weighted by atomic mass is 16.3. The molecule has 1 heterocycles. The Morgan fingerprint density at radius 3 is 1.76 bits per heavy atom. The van der Waals surface area contributed by atoms with Gasteiger partial charge in [0.05, 0.1) is 10.8 Å². The third-order valence-corrected chi connectivity index (χ3v) is 2.98. The van der Waals surface area contributed by atoms with Gasteiger partial charge in [-0.05, 0) is 38.1 Å². The lowest BCUT2D eigenvalue weighted by atomic mass is 10.1. The summed E-state index contributed by atoms with van der Waals surface area (Å²) in [5.41, 5.74) is 3.48. The van der Waals surface area contributed by atoms with E-state index in [1.807, 2.05) is 50.2 Å². The quantitative estimate of drug-likeness (QED) is 0.546. The van der Waals surface area contributed by atoms with Gasteiger partial charge in [-0.2, -0.15) is 0 Å². The maximum absolute atomic E-state index is 12.3. The Bertz CT molecular complexity index is 719. The monoisotopic (exact) mass is 224 g/mol. The molecule has 0 aliphatic carbocycles. The van der Waals surface area contributed by atoms with Crippen LogP contribution < -0.4 is 5.43 Å². The number of rotatable bonds is 0. The highest BCUT2D eigenvalue weighted by Gasteiger charge is 2.07. The fraction of sp³-hybridized carbons (Fsp3) is 0.133. The highest BCUT2D eigenvalue weighted by Crippen LogP contribution is 2.20. The molecule has 0 N–H and O–H groups in total. The molecule has 2 aromatic carbocycles. The summed E-state index contributed by atoms with van der Waals surface area (Å²) >= 11 is 0. The van der Waals surface area contributed by atoms with Gasteiger partial charge in [-0.25, -0.2) is 0 Å². The maximum atomic E-state index is 12.3. The number of hydrogen-bond acceptors (Lipinski definition) is 2. The van der Waals surface area contributed by atoms with Gasteiger partial charge < -0.3 is 4.42 Å². The van der Waals surface area contributed by atoms with Crippen LogP contribution in [0.1, 0.15) is 11.1 Å². The molecule has 2 heteroatoms. The zero-order valence-corrected chi connectivity index (χ0v) is 9.78. The number of benzene rings is 2. The Hall–Kier alpha value is -2.09. The predicted molar refractivity (Wildman–Crippen MR) is 69.5 cm³/mol. The molecule has 17 heavy (non-hydrogen) atoms. The van der Waals surface area contributed by atoms with Crippen molar-refractivity contribution >= 4 is 21.9 Å². The molecular weight excluding hydrogens is 212 g/mol. The van der Waals surface area contributed by atoms with Crippen LogP contribution in [0.3, 0.4) is 0 Å². The molecule has 0 saturated heterocycles. The van der Waals surface area contributed by atoms with Gasteiger partial charge in [-0.3, -0.25) is 4.79 Å². The molecule has 0 saturated carbocycles. The van der Waals surface area contributed by atoms with Gasteiger partial charge in [0.2, 0.25) is 5.43 Å². The Morgan fingerprint density at radius 2 is 1.29 bits per heavy atom. The molecular formula is C15H12O2. The second-order valence-corrected chi connectivity index (χ2v) is 4.43. The van der Waals surface area contributed by atoms with Crippen LogP contribution in [0.15, 0.2) is 45.6 Å². The second kappa shape index (κ2) is 3.45. The van der Waals surface area contributed by atoms with Crippen molar-refractivity contribution in [3.05, 3.63) is 57.7 Å². The molecule has 84 valence electrons. The molecule has 0 spiro atoms. The fourth-order valence-corrected chi connectivity index (χ4v) is 2.08. The van der Waals surface area contributed by atoms with E-state index >= 15 is 0 Å². The average molecular weight is 224 g/mol. The first-order valence-corrected chi connectivity index (χ1v) is 5.59. The molecule has 3 rings (SSSR count). The van der Waals surface area contributed by atoms with Gasteiger partial charge in [0.25, 0.3) is 0 Å². The first kappa shape index (κ1) is 10.1. The van der Waals surface area contributed by atoms with Crippen molar-refractivity contribution in [1.29, 1.82) is 0 Å². The standard InChI is InChI=1S/C15H12O2/c1-9-3-5-13-11(7-9)15(16)12-8-10(2)4-6-14(12)17-13/h3-8H,1-2H3. The Kier molecular flexibility index (Phi) is 2.05. The first-order chi connectivity index (χ1) is 8.15. The number of aryl methyl sites for hydroxylation is 2. The van der Waals surface area contributed by atoms with Crippen LogP contribution in [0.5, 0.6) is 0 Å². The van der Waals surface area contributed by atoms with Crippen molar-refractivity contribution in [2.45, 2.75) is 13.8 Å². The largest absolute Gasteiger partial charge is 0.456 e. The number of hydrogen-bond donors (Lipinski definition) is 0. The minimum absolute atomic E-state index is 0.0497. The van der Waals surface area contributed by atoms with E-state index in [-0.39, 0.29) is 5.43 Å². The fourth-order valence-electron chi connectivity index (χ4n) is 2.08. The van der Waals surface area contributed by atoms with E-state index in [1.54, 1.807) is 0 Å². The Balaban J connectivity index is 2.58. The molecule has 0 fully saturated rings. The normalized spacial score (nSPS) is 11.2. The summed E-state index contributed by atoms with van der Waals surface area (Å²) in [5, 5.41) is 1.31. The van der Waals surface area contributed by atoms with Crippen molar-refractivity contribution in [2.75, 3.05) is 0 Å². The zero-order valence-electron chi connectivity index (χ0n) is 9.78. The van der Waals surface area contributed by atoms with E-state index in [1.165, 1.54) is 0 Å². The molecule has 1 aromatic heterocycles. The van der Waals surface area contributed by atoms with Crippen LogP contribution in [0.25, 0.3) is 21.9 Å². The zero-order chi connectivity index (χ0) is 12.0. The van der Waals surface area contributed by atoms with Crippen LogP contribution in [-0.2, 0) is 0 Å². The summed E-state index contributed by atoms with van der Waals surface area (Å²) < 4.78 is 5.74. The summed E-state index contributed by atoms with van der Waals surface area (Å²) in [4.78, 5) is 12.3. The molecule has 0 bridgehead atoms. The van der Waals surface area contributed by atoms with Gasteiger partial charge in [0.1, 0.15) is 11.2 Å². The van der Waals surface area contributed by atoms with Crippen LogP contribution >= 0.6 is 0 Å². The Labute approximate surface area is 98.5 Å². The summed E-state index contributed by atoms with van der Waals surface area (Å²) in [6, 6.07) is 11.4. The topological polar surface area (TPSA) is 30.2 Å². The second-order valence-electron chi connectivity index (χ2n) is 4.43. The lowest BCUT2D eigenvalue weighted by Gasteiger charge is -2.02. The molecule has 0 atom stereocenters. The lowest BCUT2D eigenvalue weighted by Crippen LogP contribution is -2.02. The molecule has 3 aromatic rings. The minimum Gasteiger partial charge on any atom is -0.456 e. The van der Waals surface area contributed by atoms with E-state index in [2.05, 4.69) is 0 Å². The van der Waals surface area contributed by atoms with E-state index in [9.17, 15) is 4.79 Å². The average Bonchev–Trinajstić information content (AvgIpc) is 2.32. The van der Waals surface area contributed by atoms with E-state index in [4.69, 9.17) is 4.42 Å². The van der Waals surface area contributed by atoms with Gasteiger partial charge in [-0.1, -0.05) is 23.3 Å². The van der Waals surface area contributed by atoms with Gasteiger partial charge in [-0.15, -0.1) is 0 Å². The predicted octanol–water partition coefficient (Wildman–Crippen LogP) is 3.56. The van der Waals surface area contributed by atoms with Crippen LogP contribution in [0.4, 0.5) is 0 Å². The van der Waals surface area contributed by atoms with Crippen LogP contribution in [-0.4, -0.2) is 0 Å². The molecule has 0 aliphatic rings. The van der Waals surface area contributed by atoms with Crippen LogP contribution in [0.2, 0.25) is 0 Å². The van der Waals surface area contributed by atoms with Gasteiger partial charge >= 0.3 is 0 Å². The Morgan fingerprint density at radius 1 is 0.824 bits per heavy atom. The molecule has 0 radical (unpaired) electrons. The molecule has 0 amide bonds. The summed E-state index contributed by atoms with van der Waals surface area (Å²) in [6.07, 6.45) is 0. The van der Waals surface area contributed by atoms with Gasteiger partial charge in [0, 0.05) is 0 Å². The number of fused-ring (bicyclic) bond motifs is 2. The van der Waals surface area contributed by atoms with Crippen molar-refractivity contribution < 1.29 is 4.42 Å². The SMILES string of the molecule is Cc1ccc2oc3ccc(C)cc3c(=O)c2c1. The summed E-state index contributed by atoms with van der Waals surface area (Å²) in [7, 11) is 0. The molecule has 2 nitrogen and oxygen atoms in total. The minimum atomic E-state index is 0.0497. The third kappa shape index (κ3) is 1.53. The van der Waals surface area contributed by atoms with Crippen molar-refractivity contribution in [2.24, 2.45) is 0 Å². The van der Waals surface area contributed by atoms with Crippen molar-refractivity contribution in [3.63, 3.8) is 0 Å². The highest BCUT2D eigenvalue weighted by molar-refractivity contribution is 5.90. The first-order valence-electron chi connectivity index (χ1n) is 5.59. The van der Waals surface area contributed by atoms with E-state index in [0.29, 0.717) is 21.9 Å². The van der Waals surface area contributed by atoms with E-state index < -0.39 is 0 Å². The van der Waals surface area contributed by atoms with Crippen molar-refractivity contribution in [3.8, 4) is 0 Å².